The van der Waals surface area contributed by atoms with Crippen LogP contribution in [-0.2, 0) is 9.36 Å². The molecule has 1 unspecified atom stereocenters. The van der Waals surface area contributed by atoms with Crippen molar-refractivity contribution in [3.63, 3.8) is 0 Å². The Hall–Kier alpha value is -0.310. The van der Waals surface area contributed by atoms with Crippen molar-refractivity contribution >= 4 is 13.8 Å². The van der Waals surface area contributed by atoms with Crippen molar-refractivity contribution in [1.82, 2.24) is 0 Å². The molecule has 0 aromatic carbocycles. The van der Waals surface area contributed by atoms with E-state index in [0.29, 0.717) is 0 Å². The maximum absolute atomic E-state index is 10.2. The molecule has 4 nitrogen and oxygen atoms in total. The van der Waals surface area contributed by atoms with E-state index in [4.69, 9.17) is 10.6 Å². The van der Waals surface area contributed by atoms with Gasteiger partial charge >= 0.3 is 8.03 Å². The molecule has 0 heterocycles. The lowest BCUT2D eigenvalue weighted by Gasteiger charge is -1.78. The van der Waals surface area contributed by atoms with Crippen molar-refractivity contribution in [2.45, 2.75) is 0 Å². The SMILES string of the molecule is NCC(=O)C[P+](=O)O. The van der Waals surface area contributed by atoms with Gasteiger partial charge in [0, 0.05) is 0 Å². The molecule has 0 aromatic rings. The van der Waals surface area contributed by atoms with E-state index >= 15 is 0 Å². The average Bonchev–Trinajstić information content (AvgIpc) is 1.65. The summed E-state index contributed by atoms with van der Waals surface area (Å²) in [6.07, 6.45) is -0.314. The monoisotopic (exact) mass is 136 g/mol. The second-order valence-corrected chi connectivity index (χ2v) is 2.27. The standard InChI is InChI=1S/C3H6NO3P/c4-1-3(5)2-8(6)7/h1-2,4H2/p+1. The molecule has 0 aliphatic carbocycles. The van der Waals surface area contributed by atoms with Crippen LogP contribution in [0.5, 0.6) is 0 Å². The molecule has 0 aromatic heterocycles. The second-order valence-electron chi connectivity index (χ2n) is 1.25. The zero-order valence-corrected chi connectivity index (χ0v) is 5.10. The molecule has 8 heavy (non-hydrogen) atoms. The van der Waals surface area contributed by atoms with Crippen LogP contribution in [-0.4, -0.2) is 23.4 Å². The Morgan fingerprint density at radius 1 is 1.75 bits per heavy atom. The van der Waals surface area contributed by atoms with Gasteiger partial charge in [0.25, 0.3) is 0 Å². The van der Waals surface area contributed by atoms with Gasteiger partial charge in [-0.15, -0.1) is 0 Å². The highest BCUT2D eigenvalue weighted by Crippen LogP contribution is 2.10. The molecule has 0 fully saturated rings. The van der Waals surface area contributed by atoms with Crippen LogP contribution in [0.4, 0.5) is 0 Å². The van der Waals surface area contributed by atoms with Crippen molar-refractivity contribution in [2.24, 2.45) is 5.73 Å². The summed E-state index contributed by atoms with van der Waals surface area (Å²) >= 11 is 0. The maximum Gasteiger partial charge on any atom is 0.513 e. The van der Waals surface area contributed by atoms with E-state index in [-0.39, 0.29) is 18.5 Å². The topological polar surface area (TPSA) is 80.4 Å². The number of nitrogens with two attached hydrogens (primary N) is 1. The van der Waals surface area contributed by atoms with Crippen LogP contribution >= 0.6 is 8.03 Å². The molecule has 0 rings (SSSR count). The molecule has 3 N–H and O–H groups in total. The highest BCUT2D eigenvalue weighted by atomic mass is 31.1. The van der Waals surface area contributed by atoms with Gasteiger partial charge in [0.15, 0.2) is 5.78 Å². The van der Waals surface area contributed by atoms with Crippen LogP contribution < -0.4 is 5.73 Å². The fourth-order valence-corrected chi connectivity index (χ4v) is 0.646. The number of carbonyl (C=O) groups is 1. The van der Waals surface area contributed by atoms with E-state index in [1.165, 1.54) is 0 Å². The first-order valence-corrected chi connectivity index (χ1v) is 3.42. The number of hydrogen-bond acceptors (Lipinski definition) is 3. The van der Waals surface area contributed by atoms with Gasteiger partial charge in [-0.2, -0.15) is 4.89 Å². The third-order valence-electron chi connectivity index (χ3n) is 0.539. The van der Waals surface area contributed by atoms with Gasteiger partial charge in [-0.3, -0.25) is 4.79 Å². The minimum atomic E-state index is -2.33. The van der Waals surface area contributed by atoms with Crippen molar-refractivity contribution < 1.29 is 14.3 Å². The average molecular weight is 136 g/mol. The summed E-state index contributed by atoms with van der Waals surface area (Å²) in [7, 11) is -2.33. The number of carbonyl (C=O) groups excluding carboxylic acids is 1. The largest absolute Gasteiger partial charge is 0.513 e. The summed E-state index contributed by atoms with van der Waals surface area (Å²) in [5.74, 6) is -0.381. The quantitative estimate of drug-likeness (QED) is 0.500. The third kappa shape index (κ3) is 3.87. The van der Waals surface area contributed by atoms with Crippen LogP contribution in [0.25, 0.3) is 0 Å². The molecule has 0 saturated carbocycles. The molecule has 0 aliphatic rings. The molecule has 46 valence electrons. The molecule has 0 spiro atoms. The van der Waals surface area contributed by atoms with Crippen LogP contribution in [0.1, 0.15) is 0 Å². The summed E-state index contributed by atoms with van der Waals surface area (Å²) in [5.41, 5.74) is 4.83. The number of rotatable bonds is 3. The Labute approximate surface area is 47.6 Å². The maximum atomic E-state index is 10.2. The molecule has 0 radical (unpaired) electrons. The Bertz CT molecular complexity index is 113. The van der Waals surface area contributed by atoms with Gasteiger partial charge in [-0.25, -0.2) is 0 Å². The second kappa shape index (κ2) is 3.66. The van der Waals surface area contributed by atoms with Gasteiger partial charge in [0.05, 0.1) is 6.54 Å². The highest BCUT2D eigenvalue weighted by molar-refractivity contribution is 7.39. The minimum absolute atomic E-state index is 0.151. The minimum Gasteiger partial charge on any atom is -0.324 e. The number of Topliss-reactive ketones (excluding diaryl/α,β-unsaturated/α-hetero) is 1. The highest BCUT2D eigenvalue weighted by Gasteiger charge is 2.15. The molecule has 0 amide bonds. The first kappa shape index (κ1) is 7.69. The Balaban J connectivity index is 3.40. The van der Waals surface area contributed by atoms with E-state index < -0.39 is 8.03 Å². The van der Waals surface area contributed by atoms with Gasteiger partial charge in [-0.05, 0) is 4.57 Å². The number of ketones is 1. The number of hydrogen-bond donors (Lipinski definition) is 2. The van der Waals surface area contributed by atoms with E-state index in [9.17, 15) is 9.36 Å². The first-order chi connectivity index (χ1) is 3.66. The molecule has 1 atom stereocenters. The molecule has 0 bridgehead atoms. The summed E-state index contributed by atoms with van der Waals surface area (Å²) in [5, 5.41) is 0. The van der Waals surface area contributed by atoms with Crippen LogP contribution in [0.2, 0.25) is 0 Å². The molecular formula is C3H7NO3P+. The normalized spacial score (nSPS) is 11.0. The summed E-state index contributed by atoms with van der Waals surface area (Å²) < 4.78 is 9.84. The molecule has 0 saturated heterocycles. The Kier molecular flexibility index (Phi) is 3.52. The fraction of sp³-hybridized carbons (Fsp3) is 0.667. The zero-order chi connectivity index (χ0) is 6.57. The zero-order valence-electron chi connectivity index (χ0n) is 4.20. The lowest BCUT2D eigenvalue weighted by molar-refractivity contribution is -0.115. The van der Waals surface area contributed by atoms with Crippen LogP contribution in [0, 0.1) is 0 Å². The van der Waals surface area contributed by atoms with Gasteiger partial charge in [0.1, 0.15) is 0 Å². The Morgan fingerprint density at radius 2 is 2.25 bits per heavy atom. The molecule has 0 aliphatic heterocycles. The van der Waals surface area contributed by atoms with E-state index in [2.05, 4.69) is 0 Å². The van der Waals surface area contributed by atoms with E-state index in [1.807, 2.05) is 0 Å². The third-order valence-corrected chi connectivity index (χ3v) is 1.16. The predicted octanol–water partition coefficient (Wildman–Crippen LogP) is -0.751. The lowest BCUT2D eigenvalue weighted by atomic mass is 10.5. The fourth-order valence-electron chi connectivity index (χ4n) is 0.215. The summed E-state index contributed by atoms with van der Waals surface area (Å²) in [6.45, 7) is -0.151. The molecular weight excluding hydrogens is 129 g/mol. The van der Waals surface area contributed by atoms with Crippen LogP contribution in [0.3, 0.4) is 0 Å². The summed E-state index contributed by atoms with van der Waals surface area (Å²) in [4.78, 5) is 18.2. The summed E-state index contributed by atoms with van der Waals surface area (Å²) in [6, 6.07) is 0. The van der Waals surface area contributed by atoms with Crippen molar-refractivity contribution in [2.75, 3.05) is 12.7 Å². The predicted molar refractivity (Wildman–Crippen MR) is 28.8 cm³/mol. The lowest BCUT2D eigenvalue weighted by Crippen LogP contribution is -2.15. The van der Waals surface area contributed by atoms with E-state index in [1.54, 1.807) is 0 Å². The van der Waals surface area contributed by atoms with E-state index in [0.717, 1.165) is 0 Å². The van der Waals surface area contributed by atoms with Crippen molar-refractivity contribution in [3.05, 3.63) is 0 Å². The van der Waals surface area contributed by atoms with Crippen molar-refractivity contribution in [1.29, 1.82) is 0 Å². The van der Waals surface area contributed by atoms with Gasteiger partial charge in [0.2, 0.25) is 6.16 Å². The smallest absolute Gasteiger partial charge is 0.324 e. The van der Waals surface area contributed by atoms with Crippen molar-refractivity contribution in [3.8, 4) is 0 Å². The first-order valence-electron chi connectivity index (χ1n) is 2.02. The van der Waals surface area contributed by atoms with Gasteiger partial charge < -0.3 is 5.73 Å². The Morgan fingerprint density at radius 3 is 2.38 bits per heavy atom. The van der Waals surface area contributed by atoms with Gasteiger partial charge in [-0.1, -0.05) is 0 Å². The molecule has 5 heteroatoms. The van der Waals surface area contributed by atoms with Crippen LogP contribution in [0.15, 0.2) is 0 Å².